The zero-order chi connectivity index (χ0) is 22.5. The minimum Gasteiger partial charge on any atom is -0.325 e. The maximum atomic E-state index is 4.69. The smallest absolute Gasteiger partial charge is 0.180 e. The Bertz CT molecular complexity index is 1220. The molecule has 0 aromatic carbocycles. The van der Waals surface area contributed by atoms with Crippen LogP contribution < -0.4 is 10.6 Å². The van der Waals surface area contributed by atoms with E-state index >= 15 is 0 Å². The van der Waals surface area contributed by atoms with Gasteiger partial charge in [-0.25, -0.2) is 24.9 Å². The minimum absolute atomic E-state index is 0.577. The van der Waals surface area contributed by atoms with Gasteiger partial charge in [0.15, 0.2) is 5.82 Å². The van der Waals surface area contributed by atoms with Crippen molar-refractivity contribution in [2.45, 2.75) is 19.9 Å². The first-order valence-electron chi connectivity index (χ1n) is 11.1. The van der Waals surface area contributed by atoms with Crippen LogP contribution in [0.15, 0.2) is 54.2 Å². The molecule has 4 aromatic rings. The van der Waals surface area contributed by atoms with Crippen molar-refractivity contribution in [1.82, 2.24) is 35.1 Å². The van der Waals surface area contributed by atoms with E-state index in [2.05, 4.69) is 46.9 Å². The van der Waals surface area contributed by atoms with Crippen LogP contribution in [0.1, 0.15) is 22.0 Å². The molecule has 0 unspecified atom stereocenters. The van der Waals surface area contributed by atoms with Gasteiger partial charge in [0.2, 0.25) is 0 Å². The molecule has 1 aliphatic rings. The highest BCUT2D eigenvalue weighted by molar-refractivity contribution is 7.10. The molecular weight excluding hydrogens is 432 g/mol. The topological polar surface area (TPSA) is 91.8 Å². The van der Waals surface area contributed by atoms with Crippen LogP contribution in [0.2, 0.25) is 0 Å². The van der Waals surface area contributed by atoms with Gasteiger partial charge < -0.3 is 10.6 Å². The van der Waals surface area contributed by atoms with Gasteiger partial charge in [-0.3, -0.25) is 4.90 Å². The highest BCUT2D eigenvalue weighted by atomic mass is 32.1. The lowest BCUT2D eigenvalue weighted by Crippen LogP contribution is -2.42. The molecule has 168 valence electrons. The van der Waals surface area contributed by atoms with Gasteiger partial charge in [-0.2, -0.15) is 0 Å². The molecule has 5 rings (SSSR count). The van der Waals surface area contributed by atoms with Crippen LogP contribution in [0.3, 0.4) is 0 Å². The average Bonchev–Trinajstić information content (AvgIpc) is 3.27. The Kier molecular flexibility index (Phi) is 6.61. The Hall–Kier alpha value is -3.27. The summed E-state index contributed by atoms with van der Waals surface area (Å²) in [6.07, 6.45) is 4.21. The SMILES string of the molecule is Cc1cccc(-c2nccc(Nc3ccnc(Cc4csc(CN5CCNCC5)c4)n3)n2)n1. The van der Waals surface area contributed by atoms with Gasteiger partial charge in [-0.1, -0.05) is 6.07 Å². The van der Waals surface area contributed by atoms with Gasteiger partial charge in [-0.05, 0) is 48.2 Å². The van der Waals surface area contributed by atoms with Crippen molar-refractivity contribution in [2.24, 2.45) is 0 Å². The summed E-state index contributed by atoms with van der Waals surface area (Å²) >= 11 is 1.81. The summed E-state index contributed by atoms with van der Waals surface area (Å²) in [5.74, 6) is 2.73. The third-order valence-electron chi connectivity index (χ3n) is 5.39. The number of nitrogens with zero attached hydrogens (tertiary/aromatic N) is 6. The lowest BCUT2D eigenvalue weighted by atomic mass is 10.2. The second-order valence-corrected chi connectivity index (χ2v) is 9.03. The van der Waals surface area contributed by atoms with Crippen LogP contribution in [0.4, 0.5) is 11.6 Å². The molecule has 0 radical (unpaired) electrons. The Labute approximate surface area is 197 Å². The van der Waals surface area contributed by atoms with Crippen molar-refractivity contribution in [3.8, 4) is 11.5 Å². The highest BCUT2D eigenvalue weighted by Crippen LogP contribution is 2.20. The molecule has 5 heterocycles. The van der Waals surface area contributed by atoms with E-state index in [0.29, 0.717) is 23.9 Å². The number of hydrogen-bond donors (Lipinski definition) is 2. The molecule has 0 spiro atoms. The first kappa shape index (κ1) is 21.6. The third kappa shape index (κ3) is 5.75. The minimum atomic E-state index is 0.577. The second-order valence-electron chi connectivity index (χ2n) is 8.04. The Morgan fingerprint density at radius 1 is 1.00 bits per heavy atom. The van der Waals surface area contributed by atoms with E-state index in [0.717, 1.165) is 49.9 Å². The zero-order valence-corrected chi connectivity index (χ0v) is 19.3. The van der Waals surface area contributed by atoms with Gasteiger partial charge >= 0.3 is 0 Å². The van der Waals surface area contributed by atoms with Crippen LogP contribution in [0.25, 0.3) is 11.5 Å². The number of rotatable bonds is 7. The van der Waals surface area contributed by atoms with Crippen LogP contribution >= 0.6 is 11.3 Å². The molecule has 8 nitrogen and oxygen atoms in total. The van der Waals surface area contributed by atoms with Crippen LogP contribution in [0, 0.1) is 6.92 Å². The van der Waals surface area contributed by atoms with Crippen molar-refractivity contribution in [1.29, 1.82) is 0 Å². The van der Waals surface area contributed by atoms with Crippen molar-refractivity contribution < 1.29 is 0 Å². The van der Waals surface area contributed by atoms with E-state index in [1.165, 1.54) is 10.4 Å². The number of aromatic nitrogens is 5. The molecule has 0 atom stereocenters. The molecule has 33 heavy (non-hydrogen) atoms. The molecule has 0 aliphatic carbocycles. The number of hydrogen-bond acceptors (Lipinski definition) is 9. The summed E-state index contributed by atoms with van der Waals surface area (Å²) in [7, 11) is 0. The Morgan fingerprint density at radius 3 is 2.67 bits per heavy atom. The second kappa shape index (κ2) is 10.1. The zero-order valence-electron chi connectivity index (χ0n) is 18.5. The fourth-order valence-electron chi connectivity index (χ4n) is 3.78. The standard InChI is InChI=1S/C24H26N8S/c1-17-3-2-4-20(28-17)24-27-8-6-22(31-24)29-21-5-7-26-23(30-21)14-18-13-19(33-16-18)15-32-11-9-25-10-12-32/h2-8,13,16,25H,9-12,14-15H2,1H3,(H,26,27,29,30,31). The van der Waals surface area contributed by atoms with E-state index in [1.807, 2.05) is 48.6 Å². The Morgan fingerprint density at radius 2 is 1.82 bits per heavy atom. The van der Waals surface area contributed by atoms with Crippen LogP contribution in [-0.2, 0) is 13.0 Å². The number of thiophene rings is 1. The first-order valence-corrected chi connectivity index (χ1v) is 11.9. The van der Waals surface area contributed by atoms with Crippen molar-refractivity contribution in [2.75, 3.05) is 31.5 Å². The monoisotopic (exact) mass is 458 g/mol. The maximum Gasteiger partial charge on any atom is 0.180 e. The molecule has 1 saturated heterocycles. The first-order chi connectivity index (χ1) is 16.2. The normalized spacial score (nSPS) is 14.3. The number of pyridine rings is 1. The van der Waals surface area contributed by atoms with E-state index in [1.54, 1.807) is 12.4 Å². The molecule has 1 fully saturated rings. The molecule has 2 N–H and O–H groups in total. The summed E-state index contributed by atoms with van der Waals surface area (Å²) in [5, 5.41) is 8.89. The van der Waals surface area contributed by atoms with Crippen LogP contribution in [-0.4, -0.2) is 56.0 Å². The van der Waals surface area contributed by atoms with Crippen LogP contribution in [0.5, 0.6) is 0 Å². The van der Waals surface area contributed by atoms with E-state index in [4.69, 9.17) is 4.98 Å². The number of piperazine rings is 1. The molecule has 0 saturated carbocycles. The molecule has 1 aliphatic heterocycles. The summed E-state index contributed by atoms with van der Waals surface area (Å²) in [6.45, 7) is 7.32. The molecule has 4 aromatic heterocycles. The van der Waals surface area contributed by atoms with Gasteiger partial charge in [0, 0.05) is 62.1 Å². The number of anilines is 2. The van der Waals surface area contributed by atoms with Crippen molar-refractivity contribution in [3.63, 3.8) is 0 Å². The summed E-state index contributed by atoms with van der Waals surface area (Å²) < 4.78 is 0. The van der Waals surface area contributed by atoms with E-state index in [9.17, 15) is 0 Å². The largest absolute Gasteiger partial charge is 0.325 e. The molecular formula is C24H26N8S. The highest BCUT2D eigenvalue weighted by Gasteiger charge is 2.12. The summed E-state index contributed by atoms with van der Waals surface area (Å²) in [6, 6.07) is 11.8. The maximum absolute atomic E-state index is 4.69. The van der Waals surface area contributed by atoms with Gasteiger partial charge in [-0.15, -0.1) is 11.3 Å². The molecule has 0 bridgehead atoms. The molecule has 9 heteroatoms. The third-order valence-corrected chi connectivity index (χ3v) is 6.36. The summed E-state index contributed by atoms with van der Waals surface area (Å²) in [5.41, 5.74) is 2.92. The van der Waals surface area contributed by atoms with Crippen molar-refractivity contribution >= 4 is 23.0 Å². The lowest BCUT2D eigenvalue weighted by Gasteiger charge is -2.26. The van der Waals surface area contributed by atoms with E-state index < -0.39 is 0 Å². The predicted octanol–water partition coefficient (Wildman–Crippen LogP) is 3.44. The fourth-order valence-corrected chi connectivity index (χ4v) is 4.71. The van der Waals surface area contributed by atoms with Gasteiger partial charge in [0.25, 0.3) is 0 Å². The number of aryl methyl sites for hydroxylation is 1. The molecule has 0 amide bonds. The quantitative estimate of drug-likeness (QED) is 0.435. The van der Waals surface area contributed by atoms with E-state index in [-0.39, 0.29) is 0 Å². The Balaban J connectivity index is 1.25. The fraction of sp³-hybridized carbons (Fsp3) is 0.292. The van der Waals surface area contributed by atoms with Gasteiger partial charge in [0.1, 0.15) is 23.2 Å². The predicted molar refractivity (Wildman–Crippen MR) is 131 cm³/mol. The summed E-state index contributed by atoms with van der Waals surface area (Å²) in [4.78, 5) is 26.5. The average molecular weight is 459 g/mol. The number of nitrogens with one attached hydrogen (secondary N) is 2. The van der Waals surface area contributed by atoms with Gasteiger partial charge in [0.05, 0.1) is 0 Å². The lowest BCUT2D eigenvalue weighted by molar-refractivity contribution is 0.235. The van der Waals surface area contributed by atoms with Crippen molar-refractivity contribution in [3.05, 3.63) is 76.1 Å².